The van der Waals surface area contributed by atoms with E-state index in [2.05, 4.69) is 16.6 Å². The number of urea groups is 1. The molecule has 0 aliphatic heterocycles. The zero-order valence-electron chi connectivity index (χ0n) is 13.0. The Hall–Kier alpha value is -2.75. The molecular formula is C17H19FN2O4. The van der Waals surface area contributed by atoms with Gasteiger partial charge in [0, 0.05) is 12.1 Å². The van der Waals surface area contributed by atoms with Gasteiger partial charge in [0.2, 0.25) is 0 Å². The average Bonchev–Trinajstić information content (AvgIpc) is 2.55. The van der Waals surface area contributed by atoms with Gasteiger partial charge in [0.25, 0.3) is 0 Å². The second-order valence-corrected chi connectivity index (χ2v) is 5.62. The van der Waals surface area contributed by atoms with Crippen molar-refractivity contribution < 1.29 is 23.8 Å². The normalized spacial score (nSPS) is 19.8. The van der Waals surface area contributed by atoms with Gasteiger partial charge in [-0.15, -0.1) is 6.42 Å². The summed E-state index contributed by atoms with van der Waals surface area (Å²) in [5, 5.41) is 14.4. The third kappa shape index (κ3) is 4.88. The van der Waals surface area contributed by atoms with Gasteiger partial charge in [-0.2, -0.15) is 0 Å². The van der Waals surface area contributed by atoms with Crippen LogP contribution in [0.15, 0.2) is 18.2 Å². The number of hydrogen-bond donors (Lipinski definition) is 3. The van der Waals surface area contributed by atoms with Crippen molar-refractivity contribution in [1.29, 1.82) is 0 Å². The number of aliphatic carboxylic acids is 1. The summed E-state index contributed by atoms with van der Waals surface area (Å²) in [6.07, 6.45) is 7.39. The lowest BCUT2D eigenvalue weighted by atomic mass is 9.86. The standard InChI is InChI=1S/C17H19FN2O4/c1-2-9-24-15-10-12(18)5-8-14(15)20-17(23)19-13-6-3-11(4-7-13)16(21)22/h1,5,8,10-11,13H,3-4,6-7,9H2,(H,21,22)(H2,19,20,23). The Kier molecular flexibility index (Phi) is 6.01. The summed E-state index contributed by atoms with van der Waals surface area (Å²) in [6, 6.07) is 3.20. The van der Waals surface area contributed by atoms with E-state index in [9.17, 15) is 14.0 Å². The highest BCUT2D eigenvalue weighted by molar-refractivity contribution is 5.91. The van der Waals surface area contributed by atoms with Gasteiger partial charge in [0.05, 0.1) is 11.6 Å². The largest absolute Gasteiger partial charge is 0.481 e. The summed E-state index contributed by atoms with van der Waals surface area (Å²) in [5.74, 6) is 0.792. The maximum atomic E-state index is 13.3. The molecule has 3 N–H and O–H groups in total. The number of ether oxygens (including phenoxy) is 1. The number of carboxylic acids is 1. The van der Waals surface area contributed by atoms with Crippen LogP contribution < -0.4 is 15.4 Å². The first-order valence-electron chi connectivity index (χ1n) is 7.65. The van der Waals surface area contributed by atoms with E-state index >= 15 is 0 Å². The van der Waals surface area contributed by atoms with Crippen LogP contribution in [0.25, 0.3) is 0 Å². The van der Waals surface area contributed by atoms with E-state index in [1.54, 1.807) is 0 Å². The fourth-order valence-corrected chi connectivity index (χ4v) is 2.67. The Morgan fingerprint density at radius 2 is 2.04 bits per heavy atom. The van der Waals surface area contributed by atoms with Crippen molar-refractivity contribution in [3.8, 4) is 18.1 Å². The predicted molar refractivity (Wildman–Crippen MR) is 86.3 cm³/mol. The van der Waals surface area contributed by atoms with Crippen LogP contribution in [-0.4, -0.2) is 29.8 Å². The average molecular weight is 334 g/mol. The van der Waals surface area contributed by atoms with E-state index in [4.69, 9.17) is 16.3 Å². The van der Waals surface area contributed by atoms with E-state index in [1.807, 2.05) is 0 Å². The predicted octanol–water partition coefficient (Wildman–Crippen LogP) is 2.60. The van der Waals surface area contributed by atoms with Gasteiger partial charge in [-0.05, 0) is 37.8 Å². The summed E-state index contributed by atoms with van der Waals surface area (Å²) in [4.78, 5) is 23.0. The summed E-state index contributed by atoms with van der Waals surface area (Å²) >= 11 is 0. The molecule has 1 saturated carbocycles. The first-order valence-corrected chi connectivity index (χ1v) is 7.65. The van der Waals surface area contributed by atoms with Gasteiger partial charge < -0.3 is 20.5 Å². The number of carbonyl (C=O) groups is 2. The van der Waals surface area contributed by atoms with Crippen molar-refractivity contribution in [3.05, 3.63) is 24.0 Å². The molecule has 1 fully saturated rings. The lowest BCUT2D eigenvalue weighted by molar-refractivity contribution is -0.142. The molecular weight excluding hydrogens is 315 g/mol. The molecule has 0 unspecified atom stereocenters. The Labute approximate surface area is 139 Å². The van der Waals surface area contributed by atoms with Crippen molar-refractivity contribution in [1.82, 2.24) is 5.32 Å². The molecule has 0 atom stereocenters. The Balaban J connectivity index is 1.91. The molecule has 0 heterocycles. The molecule has 24 heavy (non-hydrogen) atoms. The molecule has 1 aliphatic carbocycles. The van der Waals surface area contributed by atoms with Crippen molar-refractivity contribution >= 4 is 17.7 Å². The number of anilines is 1. The van der Waals surface area contributed by atoms with Crippen LogP contribution in [0.2, 0.25) is 0 Å². The van der Waals surface area contributed by atoms with Crippen LogP contribution in [-0.2, 0) is 4.79 Å². The topological polar surface area (TPSA) is 87.7 Å². The highest BCUT2D eigenvalue weighted by atomic mass is 19.1. The van der Waals surface area contributed by atoms with Gasteiger partial charge in [0.15, 0.2) is 0 Å². The van der Waals surface area contributed by atoms with Gasteiger partial charge in [-0.25, -0.2) is 9.18 Å². The molecule has 7 heteroatoms. The fraction of sp³-hybridized carbons (Fsp3) is 0.412. The van der Waals surface area contributed by atoms with Gasteiger partial charge in [-0.1, -0.05) is 5.92 Å². The number of amides is 2. The number of terminal acetylenes is 1. The SMILES string of the molecule is C#CCOc1cc(F)ccc1NC(=O)NC1CCC(C(=O)O)CC1. The van der Waals surface area contributed by atoms with Crippen LogP contribution in [0.5, 0.6) is 5.75 Å². The van der Waals surface area contributed by atoms with Crippen molar-refractivity contribution in [3.63, 3.8) is 0 Å². The minimum absolute atomic E-state index is 0.0427. The quantitative estimate of drug-likeness (QED) is 0.722. The maximum absolute atomic E-state index is 13.3. The monoisotopic (exact) mass is 334 g/mol. The third-order valence-electron chi connectivity index (χ3n) is 3.91. The van der Waals surface area contributed by atoms with E-state index in [0.717, 1.165) is 6.07 Å². The minimum Gasteiger partial charge on any atom is -0.481 e. The van der Waals surface area contributed by atoms with Crippen molar-refractivity contribution in [2.45, 2.75) is 31.7 Å². The molecule has 0 radical (unpaired) electrons. The highest BCUT2D eigenvalue weighted by Crippen LogP contribution is 2.26. The number of halogens is 1. The molecule has 0 spiro atoms. The fourth-order valence-electron chi connectivity index (χ4n) is 2.67. The Bertz CT molecular complexity index is 648. The lowest BCUT2D eigenvalue weighted by Gasteiger charge is -2.27. The number of benzene rings is 1. The minimum atomic E-state index is -0.792. The number of nitrogens with one attached hydrogen (secondary N) is 2. The zero-order valence-corrected chi connectivity index (χ0v) is 13.0. The molecule has 1 aliphatic rings. The molecule has 1 aromatic carbocycles. The van der Waals surface area contributed by atoms with Crippen LogP contribution >= 0.6 is 0 Å². The highest BCUT2D eigenvalue weighted by Gasteiger charge is 2.26. The third-order valence-corrected chi connectivity index (χ3v) is 3.91. The first kappa shape index (κ1) is 17.6. The number of rotatable bonds is 5. The molecule has 2 amide bonds. The van der Waals surface area contributed by atoms with Gasteiger partial charge in [-0.3, -0.25) is 4.79 Å². The summed E-state index contributed by atoms with van der Waals surface area (Å²) in [6.45, 7) is -0.0427. The second-order valence-electron chi connectivity index (χ2n) is 5.62. The van der Waals surface area contributed by atoms with E-state index in [-0.39, 0.29) is 24.3 Å². The van der Waals surface area contributed by atoms with Crippen LogP contribution in [0.3, 0.4) is 0 Å². The molecule has 1 aromatic rings. The maximum Gasteiger partial charge on any atom is 0.319 e. The molecule has 128 valence electrons. The number of carbonyl (C=O) groups excluding carboxylic acids is 1. The molecule has 2 rings (SSSR count). The lowest BCUT2D eigenvalue weighted by Crippen LogP contribution is -2.41. The van der Waals surface area contributed by atoms with E-state index in [1.165, 1.54) is 12.1 Å². The molecule has 0 saturated heterocycles. The summed E-state index contributed by atoms with van der Waals surface area (Å²) in [7, 11) is 0. The van der Waals surface area contributed by atoms with Gasteiger partial charge >= 0.3 is 12.0 Å². The van der Waals surface area contributed by atoms with Crippen LogP contribution in [0.1, 0.15) is 25.7 Å². The summed E-state index contributed by atoms with van der Waals surface area (Å²) in [5.41, 5.74) is 0.309. The van der Waals surface area contributed by atoms with Gasteiger partial charge in [0.1, 0.15) is 18.2 Å². The number of hydrogen-bond acceptors (Lipinski definition) is 3. The van der Waals surface area contributed by atoms with E-state index < -0.39 is 17.8 Å². The second kappa shape index (κ2) is 8.20. The molecule has 0 bridgehead atoms. The number of carboxylic acid groups (broad SMARTS) is 1. The van der Waals surface area contributed by atoms with Crippen LogP contribution in [0.4, 0.5) is 14.9 Å². The van der Waals surface area contributed by atoms with E-state index in [0.29, 0.717) is 31.4 Å². The Morgan fingerprint density at radius 3 is 2.67 bits per heavy atom. The first-order chi connectivity index (χ1) is 11.5. The van der Waals surface area contributed by atoms with Crippen molar-refractivity contribution in [2.75, 3.05) is 11.9 Å². The summed E-state index contributed by atoms with van der Waals surface area (Å²) < 4.78 is 18.5. The zero-order chi connectivity index (χ0) is 17.5. The molecule has 6 nitrogen and oxygen atoms in total. The van der Waals surface area contributed by atoms with Crippen molar-refractivity contribution in [2.24, 2.45) is 5.92 Å². The molecule has 0 aromatic heterocycles. The Morgan fingerprint density at radius 1 is 1.33 bits per heavy atom. The smallest absolute Gasteiger partial charge is 0.319 e. The van der Waals surface area contributed by atoms with Crippen LogP contribution in [0, 0.1) is 24.1 Å².